The number of amides is 1. The zero-order valence-corrected chi connectivity index (χ0v) is 16.2. The van der Waals surface area contributed by atoms with Crippen molar-refractivity contribution in [3.63, 3.8) is 0 Å². The van der Waals surface area contributed by atoms with Crippen LogP contribution < -0.4 is 10.2 Å². The molecule has 5 rings (SSSR count). The van der Waals surface area contributed by atoms with Crippen molar-refractivity contribution in [2.45, 2.75) is 25.3 Å². The van der Waals surface area contributed by atoms with Crippen molar-refractivity contribution in [1.29, 1.82) is 0 Å². The number of nitrogens with one attached hydrogen (secondary N) is 1. The Morgan fingerprint density at radius 2 is 1.86 bits per heavy atom. The van der Waals surface area contributed by atoms with Gasteiger partial charge in [0.25, 0.3) is 0 Å². The second-order valence-electron chi connectivity index (χ2n) is 7.93. The fourth-order valence-corrected chi connectivity index (χ4v) is 4.70. The van der Waals surface area contributed by atoms with Gasteiger partial charge >= 0.3 is 0 Å². The van der Waals surface area contributed by atoms with Gasteiger partial charge in [0, 0.05) is 31.3 Å². The monoisotopic (exact) mass is 368 g/mol. The van der Waals surface area contributed by atoms with E-state index in [4.69, 9.17) is 0 Å². The Morgan fingerprint density at radius 1 is 1.04 bits per heavy atom. The molecule has 0 fully saturated rings. The molecule has 0 spiro atoms. The molecular formula is C25H24N2O. The van der Waals surface area contributed by atoms with Crippen molar-refractivity contribution >= 4 is 28.1 Å². The first-order valence-electron chi connectivity index (χ1n) is 9.92. The van der Waals surface area contributed by atoms with E-state index in [0.29, 0.717) is 11.8 Å². The minimum absolute atomic E-state index is 0.0521. The van der Waals surface area contributed by atoms with E-state index >= 15 is 0 Å². The molecule has 3 aromatic rings. The van der Waals surface area contributed by atoms with E-state index in [2.05, 4.69) is 72.1 Å². The third kappa shape index (κ3) is 2.70. The van der Waals surface area contributed by atoms with Gasteiger partial charge in [-0.25, -0.2) is 0 Å². The van der Waals surface area contributed by atoms with Crippen molar-refractivity contribution in [3.05, 3.63) is 83.9 Å². The Hall–Kier alpha value is -3.07. The Bertz CT molecular complexity index is 1100. The topological polar surface area (TPSA) is 32.3 Å². The van der Waals surface area contributed by atoms with E-state index < -0.39 is 0 Å². The maximum Gasteiger partial charge on any atom is 0.223 e. The molecule has 1 amide bonds. The standard InChI is InChI=1S/C25H24N2O/c1-16(28)27(2)20-12-13-24-23(15-20)21-8-5-9-22(21)25(26-24)19-11-10-17-6-3-4-7-18(17)14-19/h3-8,10-15,21-22,25-26H,9H2,1-2H3. The maximum atomic E-state index is 11.8. The number of fused-ring (bicyclic) bond motifs is 4. The number of carbonyl (C=O) groups is 1. The zero-order chi connectivity index (χ0) is 19.3. The summed E-state index contributed by atoms with van der Waals surface area (Å²) in [6.07, 6.45) is 5.72. The molecule has 0 radical (unpaired) electrons. The zero-order valence-electron chi connectivity index (χ0n) is 16.2. The second kappa shape index (κ2) is 6.52. The summed E-state index contributed by atoms with van der Waals surface area (Å²) < 4.78 is 0. The first kappa shape index (κ1) is 17.1. The highest BCUT2D eigenvalue weighted by Crippen LogP contribution is 2.50. The Kier molecular flexibility index (Phi) is 3.97. The molecule has 3 nitrogen and oxygen atoms in total. The summed E-state index contributed by atoms with van der Waals surface area (Å²) in [4.78, 5) is 13.5. The number of hydrogen-bond donors (Lipinski definition) is 1. The molecule has 0 bridgehead atoms. The van der Waals surface area contributed by atoms with Gasteiger partial charge in [-0.1, -0.05) is 48.6 Å². The van der Waals surface area contributed by atoms with Crippen molar-refractivity contribution in [1.82, 2.24) is 0 Å². The minimum Gasteiger partial charge on any atom is -0.378 e. The number of rotatable bonds is 2. The molecule has 3 unspecified atom stereocenters. The molecular weight excluding hydrogens is 344 g/mol. The van der Waals surface area contributed by atoms with Crippen molar-refractivity contribution < 1.29 is 4.79 Å². The molecule has 28 heavy (non-hydrogen) atoms. The largest absolute Gasteiger partial charge is 0.378 e. The van der Waals surface area contributed by atoms with Gasteiger partial charge in [-0.3, -0.25) is 4.79 Å². The van der Waals surface area contributed by atoms with Crippen LogP contribution in [0.5, 0.6) is 0 Å². The van der Waals surface area contributed by atoms with Gasteiger partial charge < -0.3 is 10.2 Å². The molecule has 3 atom stereocenters. The average Bonchev–Trinajstić information content (AvgIpc) is 3.22. The Morgan fingerprint density at radius 3 is 2.68 bits per heavy atom. The van der Waals surface area contributed by atoms with Crippen LogP contribution in [0.15, 0.2) is 72.8 Å². The number of hydrogen-bond acceptors (Lipinski definition) is 2. The van der Waals surface area contributed by atoms with E-state index in [1.165, 1.54) is 27.6 Å². The highest BCUT2D eigenvalue weighted by molar-refractivity contribution is 5.91. The number of allylic oxidation sites excluding steroid dienone is 2. The number of carbonyl (C=O) groups excluding carboxylic acids is 1. The minimum atomic E-state index is 0.0521. The van der Waals surface area contributed by atoms with Crippen LogP contribution in [0.2, 0.25) is 0 Å². The summed E-state index contributed by atoms with van der Waals surface area (Å²) in [7, 11) is 1.83. The van der Waals surface area contributed by atoms with E-state index in [0.717, 1.165) is 12.1 Å². The lowest BCUT2D eigenvalue weighted by atomic mass is 9.76. The third-order valence-electron chi connectivity index (χ3n) is 6.34. The van der Waals surface area contributed by atoms with E-state index in [1.807, 2.05) is 13.1 Å². The predicted octanol–water partition coefficient (Wildman–Crippen LogP) is 5.65. The van der Waals surface area contributed by atoms with Gasteiger partial charge in [0.05, 0.1) is 6.04 Å². The molecule has 140 valence electrons. The third-order valence-corrected chi connectivity index (χ3v) is 6.34. The van der Waals surface area contributed by atoms with Gasteiger partial charge in [0.2, 0.25) is 5.91 Å². The maximum absolute atomic E-state index is 11.8. The molecule has 1 aliphatic heterocycles. The lowest BCUT2D eigenvalue weighted by Gasteiger charge is -2.38. The first-order valence-corrected chi connectivity index (χ1v) is 9.92. The number of anilines is 2. The summed E-state index contributed by atoms with van der Waals surface area (Å²) >= 11 is 0. The predicted molar refractivity (Wildman–Crippen MR) is 116 cm³/mol. The van der Waals surface area contributed by atoms with Crippen molar-refractivity contribution in [2.24, 2.45) is 5.92 Å². The molecule has 2 aliphatic rings. The smallest absolute Gasteiger partial charge is 0.223 e. The van der Waals surface area contributed by atoms with Gasteiger partial charge in [-0.05, 0) is 58.5 Å². The van der Waals surface area contributed by atoms with Crippen molar-refractivity contribution in [3.8, 4) is 0 Å². The van der Waals surface area contributed by atoms with Crippen LogP contribution in [0.3, 0.4) is 0 Å². The van der Waals surface area contributed by atoms with Crippen LogP contribution in [-0.2, 0) is 4.79 Å². The van der Waals surface area contributed by atoms with Crippen molar-refractivity contribution in [2.75, 3.05) is 17.3 Å². The second-order valence-corrected chi connectivity index (χ2v) is 7.93. The Labute approximate surface area is 165 Å². The first-order chi connectivity index (χ1) is 13.6. The molecule has 0 aromatic heterocycles. The summed E-state index contributed by atoms with van der Waals surface area (Å²) in [6, 6.07) is 22.0. The summed E-state index contributed by atoms with van der Waals surface area (Å²) in [5, 5.41) is 6.37. The molecule has 3 aromatic carbocycles. The van der Waals surface area contributed by atoms with Crippen LogP contribution in [0.4, 0.5) is 11.4 Å². The molecule has 1 heterocycles. The molecule has 1 N–H and O–H groups in total. The summed E-state index contributed by atoms with van der Waals surface area (Å²) in [5.74, 6) is 0.927. The molecule has 1 aliphatic carbocycles. The van der Waals surface area contributed by atoms with E-state index in [1.54, 1.807) is 11.8 Å². The van der Waals surface area contributed by atoms with Gasteiger partial charge in [0.15, 0.2) is 0 Å². The van der Waals surface area contributed by atoms with Crippen LogP contribution in [0, 0.1) is 5.92 Å². The molecule has 3 heteroatoms. The van der Waals surface area contributed by atoms with Gasteiger partial charge in [0.1, 0.15) is 0 Å². The van der Waals surface area contributed by atoms with Gasteiger partial charge in [-0.15, -0.1) is 0 Å². The SMILES string of the molecule is CC(=O)N(C)c1ccc2c(c1)C1C=CCC1C(c1ccc3ccccc3c1)N2. The summed E-state index contributed by atoms with van der Waals surface area (Å²) in [5.41, 5.74) is 4.76. The quantitative estimate of drug-likeness (QED) is 0.593. The fraction of sp³-hybridized carbons (Fsp3) is 0.240. The van der Waals surface area contributed by atoms with Crippen LogP contribution in [0.1, 0.15) is 36.4 Å². The Balaban J connectivity index is 1.56. The lowest BCUT2D eigenvalue weighted by molar-refractivity contribution is -0.116. The normalized spacial score (nSPS) is 22.4. The van der Waals surface area contributed by atoms with E-state index in [-0.39, 0.29) is 11.9 Å². The number of benzene rings is 3. The molecule has 0 saturated carbocycles. The number of nitrogens with zero attached hydrogens (tertiary/aromatic N) is 1. The average molecular weight is 368 g/mol. The van der Waals surface area contributed by atoms with Gasteiger partial charge in [-0.2, -0.15) is 0 Å². The summed E-state index contributed by atoms with van der Waals surface area (Å²) in [6.45, 7) is 1.60. The highest BCUT2D eigenvalue weighted by atomic mass is 16.2. The van der Waals surface area contributed by atoms with Crippen LogP contribution in [-0.4, -0.2) is 13.0 Å². The van der Waals surface area contributed by atoms with Crippen LogP contribution in [0.25, 0.3) is 10.8 Å². The molecule has 0 saturated heterocycles. The van der Waals surface area contributed by atoms with E-state index in [9.17, 15) is 4.79 Å². The van der Waals surface area contributed by atoms with Crippen LogP contribution >= 0.6 is 0 Å². The lowest BCUT2D eigenvalue weighted by Crippen LogP contribution is -2.30. The fourth-order valence-electron chi connectivity index (χ4n) is 4.70. The highest BCUT2D eigenvalue weighted by Gasteiger charge is 2.38.